The summed E-state index contributed by atoms with van der Waals surface area (Å²) in [7, 11) is 1.60. The number of carbonyl (C=O) groups is 1. The van der Waals surface area contributed by atoms with Crippen LogP contribution in [-0.4, -0.2) is 42.1 Å². The molecule has 0 radical (unpaired) electrons. The molecule has 22 heavy (non-hydrogen) atoms. The third-order valence-corrected chi connectivity index (χ3v) is 3.89. The lowest BCUT2D eigenvalue weighted by Crippen LogP contribution is -2.28. The van der Waals surface area contributed by atoms with Crippen molar-refractivity contribution in [3.8, 4) is 11.3 Å². The third kappa shape index (κ3) is 5.13. The number of benzene rings is 1. The van der Waals surface area contributed by atoms with Crippen molar-refractivity contribution < 1.29 is 9.53 Å². The summed E-state index contributed by atoms with van der Waals surface area (Å²) < 4.78 is 4.87. The minimum absolute atomic E-state index is 0.0357. The van der Waals surface area contributed by atoms with Gasteiger partial charge in [0.1, 0.15) is 5.03 Å². The quantitative estimate of drug-likeness (QED) is 0.627. The fraction of sp³-hybridized carbons (Fsp3) is 0.312. The van der Waals surface area contributed by atoms with Gasteiger partial charge in [0.2, 0.25) is 5.91 Å². The van der Waals surface area contributed by atoms with E-state index in [1.54, 1.807) is 7.11 Å². The Morgan fingerprint density at radius 1 is 1.18 bits per heavy atom. The Labute approximate surface area is 134 Å². The summed E-state index contributed by atoms with van der Waals surface area (Å²) in [6.45, 7) is 3.09. The Bertz CT molecular complexity index is 600. The summed E-state index contributed by atoms with van der Waals surface area (Å²) in [5, 5.41) is 11.9. The van der Waals surface area contributed by atoms with Crippen molar-refractivity contribution in [1.82, 2.24) is 15.5 Å². The van der Waals surface area contributed by atoms with E-state index >= 15 is 0 Å². The largest absolute Gasteiger partial charge is 0.383 e. The topological polar surface area (TPSA) is 64.1 Å². The standard InChI is InChI=1S/C16H19N3O2S/c1-12-3-5-13(6-4-12)14-7-8-16(19-18-14)22-11-15(20)17-9-10-21-2/h3-8H,9-11H2,1-2H3,(H,17,20). The fourth-order valence-electron chi connectivity index (χ4n) is 1.76. The van der Waals surface area contributed by atoms with Crippen molar-refractivity contribution in [3.05, 3.63) is 42.0 Å². The number of carbonyl (C=O) groups excluding carboxylic acids is 1. The summed E-state index contributed by atoms with van der Waals surface area (Å²) in [4.78, 5) is 11.6. The van der Waals surface area contributed by atoms with Gasteiger partial charge >= 0.3 is 0 Å². The Morgan fingerprint density at radius 3 is 2.59 bits per heavy atom. The van der Waals surface area contributed by atoms with E-state index in [1.807, 2.05) is 43.3 Å². The SMILES string of the molecule is COCCNC(=O)CSc1ccc(-c2ccc(C)cc2)nn1. The molecule has 1 aromatic heterocycles. The van der Waals surface area contributed by atoms with E-state index in [-0.39, 0.29) is 5.91 Å². The molecular weight excluding hydrogens is 298 g/mol. The molecule has 0 atom stereocenters. The molecule has 2 aromatic rings. The van der Waals surface area contributed by atoms with E-state index in [9.17, 15) is 4.79 Å². The molecule has 0 aliphatic carbocycles. The molecule has 1 heterocycles. The van der Waals surface area contributed by atoms with E-state index in [4.69, 9.17) is 4.74 Å². The van der Waals surface area contributed by atoms with Crippen molar-refractivity contribution in [2.75, 3.05) is 26.0 Å². The molecule has 0 spiro atoms. The number of nitrogens with zero attached hydrogens (tertiary/aromatic N) is 2. The Morgan fingerprint density at radius 2 is 1.95 bits per heavy atom. The Kier molecular flexibility index (Phi) is 6.36. The zero-order chi connectivity index (χ0) is 15.8. The van der Waals surface area contributed by atoms with Crippen molar-refractivity contribution in [3.63, 3.8) is 0 Å². The van der Waals surface area contributed by atoms with Gasteiger partial charge in [0.15, 0.2) is 0 Å². The normalized spacial score (nSPS) is 10.5. The molecule has 0 bridgehead atoms. The van der Waals surface area contributed by atoms with Crippen molar-refractivity contribution in [2.24, 2.45) is 0 Å². The molecule has 5 nitrogen and oxygen atoms in total. The highest BCUT2D eigenvalue weighted by atomic mass is 32.2. The number of hydrogen-bond acceptors (Lipinski definition) is 5. The van der Waals surface area contributed by atoms with Crippen LogP contribution >= 0.6 is 11.8 Å². The molecule has 0 fully saturated rings. The average Bonchev–Trinajstić information content (AvgIpc) is 2.54. The summed E-state index contributed by atoms with van der Waals surface area (Å²) in [6, 6.07) is 11.9. The van der Waals surface area contributed by atoms with Gasteiger partial charge in [-0.1, -0.05) is 41.6 Å². The number of methoxy groups -OCH3 is 1. The number of amides is 1. The van der Waals surface area contributed by atoms with Gasteiger partial charge in [-0.15, -0.1) is 10.2 Å². The van der Waals surface area contributed by atoms with Gasteiger partial charge in [-0.25, -0.2) is 0 Å². The van der Waals surface area contributed by atoms with Gasteiger partial charge in [-0.05, 0) is 19.1 Å². The summed E-state index contributed by atoms with van der Waals surface area (Å²) in [5.74, 6) is 0.286. The molecule has 6 heteroatoms. The van der Waals surface area contributed by atoms with E-state index < -0.39 is 0 Å². The van der Waals surface area contributed by atoms with Crippen LogP contribution in [-0.2, 0) is 9.53 Å². The van der Waals surface area contributed by atoms with Gasteiger partial charge in [0.25, 0.3) is 0 Å². The first-order valence-electron chi connectivity index (χ1n) is 6.98. The van der Waals surface area contributed by atoms with Crippen LogP contribution in [0.2, 0.25) is 0 Å². The van der Waals surface area contributed by atoms with E-state index in [2.05, 4.69) is 15.5 Å². The fourth-order valence-corrected chi connectivity index (χ4v) is 2.40. The number of rotatable bonds is 7. The molecule has 0 unspecified atom stereocenters. The van der Waals surface area contributed by atoms with Gasteiger partial charge in [0, 0.05) is 19.2 Å². The van der Waals surface area contributed by atoms with Gasteiger partial charge in [-0.2, -0.15) is 0 Å². The number of hydrogen-bond donors (Lipinski definition) is 1. The average molecular weight is 317 g/mol. The lowest BCUT2D eigenvalue weighted by Gasteiger charge is -2.04. The molecule has 0 aliphatic rings. The van der Waals surface area contributed by atoms with Crippen LogP contribution in [0, 0.1) is 6.92 Å². The number of ether oxygens (including phenoxy) is 1. The third-order valence-electron chi connectivity index (χ3n) is 2.97. The summed E-state index contributed by atoms with van der Waals surface area (Å²) in [6.07, 6.45) is 0. The second-order valence-corrected chi connectivity index (χ2v) is 5.75. The highest BCUT2D eigenvalue weighted by Crippen LogP contribution is 2.20. The van der Waals surface area contributed by atoms with E-state index in [0.717, 1.165) is 16.3 Å². The maximum atomic E-state index is 11.6. The van der Waals surface area contributed by atoms with Crippen molar-refractivity contribution in [1.29, 1.82) is 0 Å². The molecule has 0 saturated heterocycles. The summed E-state index contributed by atoms with van der Waals surface area (Å²) >= 11 is 1.37. The lowest BCUT2D eigenvalue weighted by molar-refractivity contribution is -0.118. The second kappa shape index (κ2) is 8.51. The summed E-state index contributed by atoms with van der Waals surface area (Å²) in [5.41, 5.74) is 3.07. The molecule has 1 aromatic carbocycles. The van der Waals surface area contributed by atoms with Crippen LogP contribution in [0.4, 0.5) is 0 Å². The molecule has 0 saturated carbocycles. The zero-order valence-electron chi connectivity index (χ0n) is 12.7. The first kappa shape index (κ1) is 16.5. The Balaban J connectivity index is 1.86. The first-order chi connectivity index (χ1) is 10.7. The number of nitrogens with one attached hydrogen (secondary N) is 1. The monoisotopic (exact) mass is 317 g/mol. The second-order valence-electron chi connectivity index (χ2n) is 4.75. The predicted molar refractivity (Wildman–Crippen MR) is 87.8 cm³/mol. The van der Waals surface area contributed by atoms with E-state index in [0.29, 0.717) is 18.9 Å². The van der Waals surface area contributed by atoms with Crippen molar-refractivity contribution in [2.45, 2.75) is 11.9 Å². The van der Waals surface area contributed by atoms with Crippen molar-refractivity contribution >= 4 is 17.7 Å². The van der Waals surface area contributed by atoms with E-state index in [1.165, 1.54) is 17.3 Å². The van der Waals surface area contributed by atoms with Gasteiger partial charge in [0.05, 0.1) is 18.1 Å². The highest BCUT2D eigenvalue weighted by Gasteiger charge is 2.05. The zero-order valence-corrected chi connectivity index (χ0v) is 13.5. The lowest BCUT2D eigenvalue weighted by atomic mass is 10.1. The number of aromatic nitrogens is 2. The first-order valence-corrected chi connectivity index (χ1v) is 7.97. The van der Waals surface area contributed by atoms with Crippen LogP contribution in [0.1, 0.15) is 5.56 Å². The van der Waals surface area contributed by atoms with Crippen LogP contribution in [0.3, 0.4) is 0 Å². The molecule has 1 amide bonds. The van der Waals surface area contributed by atoms with Gasteiger partial charge < -0.3 is 10.1 Å². The maximum absolute atomic E-state index is 11.6. The number of thioether (sulfide) groups is 1. The molecule has 1 N–H and O–H groups in total. The maximum Gasteiger partial charge on any atom is 0.230 e. The minimum atomic E-state index is -0.0357. The Hall–Kier alpha value is -1.92. The van der Waals surface area contributed by atoms with Crippen LogP contribution in [0.25, 0.3) is 11.3 Å². The number of aryl methyl sites for hydroxylation is 1. The van der Waals surface area contributed by atoms with Crippen LogP contribution in [0.15, 0.2) is 41.4 Å². The minimum Gasteiger partial charge on any atom is -0.383 e. The van der Waals surface area contributed by atoms with Gasteiger partial charge in [-0.3, -0.25) is 4.79 Å². The predicted octanol–water partition coefficient (Wildman–Crippen LogP) is 2.31. The molecule has 2 rings (SSSR count). The van der Waals surface area contributed by atoms with Crippen LogP contribution < -0.4 is 5.32 Å². The van der Waals surface area contributed by atoms with Crippen LogP contribution in [0.5, 0.6) is 0 Å². The molecule has 116 valence electrons. The smallest absolute Gasteiger partial charge is 0.230 e. The highest BCUT2D eigenvalue weighted by molar-refractivity contribution is 7.99. The molecule has 0 aliphatic heterocycles. The molecular formula is C16H19N3O2S.